The number of aromatic nitrogens is 2. The van der Waals surface area contributed by atoms with Gasteiger partial charge in [0.25, 0.3) is 5.56 Å². The monoisotopic (exact) mass is 441 g/mol. The van der Waals surface area contributed by atoms with Crippen LogP contribution in [0.15, 0.2) is 59.7 Å². The van der Waals surface area contributed by atoms with Crippen molar-refractivity contribution >= 4 is 33.2 Å². The van der Waals surface area contributed by atoms with Gasteiger partial charge >= 0.3 is 0 Å². The molecule has 0 bridgehead atoms. The summed E-state index contributed by atoms with van der Waals surface area (Å²) in [7, 11) is 0. The summed E-state index contributed by atoms with van der Waals surface area (Å²) in [5.41, 5.74) is 2.54. The minimum Gasteiger partial charge on any atom is -0.487 e. The van der Waals surface area contributed by atoms with Crippen LogP contribution < -0.4 is 10.3 Å². The van der Waals surface area contributed by atoms with E-state index in [1.165, 1.54) is 32.7 Å². The fourth-order valence-electron chi connectivity index (χ4n) is 3.62. The van der Waals surface area contributed by atoms with Gasteiger partial charge in [0.05, 0.1) is 11.9 Å². The van der Waals surface area contributed by atoms with Crippen LogP contribution in [0.3, 0.4) is 0 Å². The van der Waals surface area contributed by atoms with E-state index in [1.54, 1.807) is 34.2 Å². The van der Waals surface area contributed by atoms with Crippen LogP contribution in [0, 0.1) is 5.82 Å². The summed E-state index contributed by atoms with van der Waals surface area (Å²) >= 11 is 7.93. The molecule has 0 radical (unpaired) electrons. The third kappa shape index (κ3) is 3.71. The van der Waals surface area contributed by atoms with Crippen molar-refractivity contribution in [2.45, 2.75) is 19.6 Å². The Morgan fingerprint density at radius 1 is 1.20 bits per heavy atom. The highest BCUT2D eigenvalue weighted by atomic mass is 35.5. The molecule has 0 saturated heterocycles. The number of halogens is 2. The summed E-state index contributed by atoms with van der Waals surface area (Å²) in [5, 5.41) is 1.19. The Morgan fingerprint density at radius 3 is 2.90 bits per heavy atom. The molecule has 0 saturated carbocycles. The van der Waals surface area contributed by atoms with E-state index in [9.17, 15) is 9.18 Å². The lowest BCUT2D eigenvalue weighted by molar-refractivity contribution is 0.300. The molecule has 0 atom stereocenters. The molecular weight excluding hydrogens is 425 g/mol. The molecule has 5 nitrogen and oxygen atoms in total. The van der Waals surface area contributed by atoms with Gasteiger partial charge in [0.15, 0.2) is 0 Å². The molecule has 3 aromatic heterocycles. The molecule has 8 heteroatoms. The molecule has 1 aromatic carbocycles. The van der Waals surface area contributed by atoms with Gasteiger partial charge in [-0.1, -0.05) is 0 Å². The first kappa shape index (κ1) is 19.2. The van der Waals surface area contributed by atoms with Crippen molar-refractivity contribution in [2.75, 3.05) is 6.54 Å². The van der Waals surface area contributed by atoms with Gasteiger partial charge in [-0.05, 0) is 65.5 Å². The fraction of sp³-hybridized carbons (Fsp3) is 0.182. The second-order valence-electron chi connectivity index (χ2n) is 7.11. The zero-order valence-electron chi connectivity index (χ0n) is 15.8. The SMILES string of the molecule is O=c1cc(OCc2ccc(F)cn2)ccn1-c1ccc2sc3c(c2c1)CCN(Cl)C3. The maximum Gasteiger partial charge on any atom is 0.258 e. The number of ether oxygens (including phenoxy) is 1. The lowest BCUT2D eigenvalue weighted by Crippen LogP contribution is -2.20. The summed E-state index contributed by atoms with van der Waals surface area (Å²) < 4.78 is 23.2. The Hall–Kier alpha value is -2.74. The number of pyridine rings is 2. The molecule has 0 spiro atoms. The summed E-state index contributed by atoms with van der Waals surface area (Å²) in [6.45, 7) is 1.73. The highest BCUT2D eigenvalue weighted by molar-refractivity contribution is 7.19. The number of nitrogens with zero attached hydrogens (tertiary/aromatic N) is 3. The molecule has 0 unspecified atom stereocenters. The smallest absolute Gasteiger partial charge is 0.258 e. The van der Waals surface area contributed by atoms with Crippen LogP contribution in [0.4, 0.5) is 4.39 Å². The van der Waals surface area contributed by atoms with Gasteiger partial charge < -0.3 is 4.74 Å². The quantitative estimate of drug-likeness (QED) is 0.431. The summed E-state index contributed by atoms with van der Waals surface area (Å²) in [4.78, 5) is 17.9. The highest BCUT2D eigenvalue weighted by Crippen LogP contribution is 2.36. The average Bonchev–Trinajstić information content (AvgIpc) is 3.10. The van der Waals surface area contributed by atoms with Crippen LogP contribution in [0.1, 0.15) is 16.1 Å². The van der Waals surface area contributed by atoms with Gasteiger partial charge in [0.2, 0.25) is 0 Å². The summed E-state index contributed by atoms with van der Waals surface area (Å²) in [6.07, 6.45) is 3.75. The van der Waals surface area contributed by atoms with Crippen molar-refractivity contribution in [3.8, 4) is 11.4 Å². The van der Waals surface area contributed by atoms with E-state index in [4.69, 9.17) is 16.5 Å². The minimum atomic E-state index is -0.398. The normalized spacial score (nSPS) is 14.1. The lowest BCUT2D eigenvalue weighted by Gasteiger charge is -2.19. The van der Waals surface area contributed by atoms with Crippen molar-refractivity contribution in [3.05, 3.63) is 87.2 Å². The predicted molar refractivity (Wildman–Crippen MR) is 116 cm³/mol. The zero-order chi connectivity index (χ0) is 20.7. The van der Waals surface area contributed by atoms with Crippen LogP contribution in [0.25, 0.3) is 15.8 Å². The maximum atomic E-state index is 12.9. The minimum absolute atomic E-state index is 0.161. The first-order valence-electron chi connectivity index (χ1n) is 9.48. The first-order valence-corrected chi connectivity index (χ1v) is 10.6. The number of fused-ring (bicyclic) bond motifs is 3. The van der Waals surface area contributed by atoms with Crippen LogP contribution in [-0.2, 0) is 19.6 Å². The Labute approximate surface area is 181 Å². The summed E-state index contributed by atoms with van der Waals surface area (Å²) in [5.74, 6) is 0.0451. The topological polar surface area (TPSA) is 47.4 Å². The van der Waals surface area contributed by atoms with E-state index < -0.39 is 5.82 Å². The van der Waals surface area contributed by atoms with Gasteiger partial charge in [-0.2, -0.15) is 0 Å². The van der Waals surface area contributed by atoms with Gasteiger partial charge in [-0.15, -0.1) is 11.3 Å². The van der Waals surface area contributed by atoms with Crippen molar-refractivity contribution in [1.29, 1.82) is 0 Å². The molecule has 0 N–H and O–H groups in total. The van der Waals surface area contributed by atoms with Crippen LogP contribution in [0.5, 0.6) is 5.75 Å². The van der Waals surface area contributed by atoms with Gasteiger partial charge in [-0.25, -0.2) is 8.81 Å². The van der Waals surface area contributed by atoms with Crippen LogP contribution in [0.2, 0.25) is 0 Å². The molecule has 4 aromatic rings. The lowest BCUT2D eigenvalue weighted by atomic mass is 10.0. The summed E-state index contributed by atoms with van der Waals surface area (Å²) in [6, 6.07) is 12.1. The van der Waals surface area contributed by atoms with Crippen LogP contribution >= 0.6 is 23.1 Å². The van der Waals surface area contributed by atoms with E-state index >= 15 is 0 Å². The molecule has 4 heterocycles. The van der Waals surface area contributed by atoms with Gasteiger partial charge in [-0.3, -0.25) is 14.3 Å². The van der Waals surface area contributed by atoms with E-state index in [0.29, 0.717) is 11.4 Å². The number of hydrogen-bond acceptors (Lipinski definition) is 5. The van der Waals surface area contributed by atoms with Crippen molar-refractivity contribution in [1.82, 2.24) is 14.0 Å². The van der Waals surface area contributed by atoms with Gasteiger partial charge in [0.1, 0.15) is 18.2 Å². The number of hydrogen-bond donors (Lipinski definition) is 0. The Morgan fingerprint density at radius 2 is 2.10 bits per heavy atom. The molecule has 0 aliphatic carbocycles. The van der Waals surface area contributed by atoms with E-state index in [0.717, 1.165) is 31.4 Å². The number of thiophene rings is 1. The second-order valence-corrected chi connectivity index (χ2v) is 8.72. The van der Waals surface area contributed by atoms with E-state index in [-0.39, 0.29) is 12.2 Å². The standard InChI is InChI=1S/C22H17ClFN3O2S/c23-26-7-6-18-19-9-16(3-4-20(19)30-21(18)12-26)27-8-5-17(10-22(27)28)29-13-15-2-1-14(24)11-25-15/h1-5,8-11H,6-7,12-13H2. The fourth-order valence-corrected chi connectivity index (χ4v) is 5.14. The van der Waals surface area contributed by atoms with Gasteiger partial charge in [0, 0.05) is 40.6 Å². The largest absolute Gasteiger partial charge is 0.487 e. The van der Waals surface area contributed by atoms with Crippen LogP contribution in [-0.4, -0.2) is 20.5 Å². The first-order chi connectivity index (χ1) is 14.6. The number of rotatable bonds is 4. The second kappa shape index (κ2) is 7.83. The molecule has 30 heavy (non-hydrogen) atoms. The molecule has 1 aliphatic heterocycles. The van der Waals surface area contributed by atoms with Crippen molar-refractivity contribution in [3.63, 3.8) is 0 Å². The third-order valence-corrected chi connectivity index (χ3v) is 6.61. The molecular formula is C22H17ClFN3O2S. The van der Waals surface area contributed by atoms with E-state index in [2.05, 4.69) is 17.1 Å². The molecule has 0 fully saturated rings. The van der Waals surface area contributed by atoms with Crippen molar-refractivity contribution in [2.24, 2.45) is 0 Å². The highest BCUT2D eigenvalue weighted by Gasteiger charge is 2.20. The molecule has 1 aliphatic rings. The Bertz CT molecular complexity index is 1290. The molecule has 5 rings (SSSR count). The Balaban J connectivity index is 1.41. The molecule has 0 amide bonds. The van der Waals surface area contributed by atoms with Crippen molar-refractivity contribution < 1.29 is 9.13 Å². The Kier molecular flexibility index (Phi) is 5.02. The maximum absolute atomic E-state index is 12.9. The number of benzene rings is 1. The molecule has 152 valence electrons. The third-order valence-electron chi connectivity index (χ3n) is 5.12. The predicted octanol–water partition coefficient (Wildman–Crippen LogP) is 4.68. The zero-order valence-corrected chi connectivity index (χ0v) is 17.4. The van der Waals surface area contributed by atoms with E-state index in [1.807, 2.05) is 10.5 Å². The average molecular weight is 442 g/mol.